The maximum Gasteiger partial charge on any atom is 0.243 e. The Bertz CT molecular complexity index is 1650. The number of aromatic nitrogens is 3. The number of nitrogens with zero attached hydrogens (tertiary/aromatic N) is 4. The van der Waals surface area contributed by atoms with Gasteiger partial charge in [-0.3, -0.25) is 14.4 Å². The summed E-state index contributed by atoms with van der Waals surface area (Å²) in [6, 6.07) is 7.14. The van der Waals surface area contributed by atoms with Crippen molar-refractivity contribution < 1.29 is 28.3 Å². The van der Waals surface area contributed by atoms with Crippen LogP contribution in [0.1, 0.15) is 35.3 Å². The Morgan fingerprint density at radius 1 is 1.17 bits per heavy atom. The Labute approximate surface area is 244 Å². The van der Waals surface area contributed by atoms with Crippen LogP contribution in [0, 0.1) is 5.82 Å². The lowest BCUT2D eigenvalue weighted by atomic mass is 10.1. The number of halogens is 3. The summed E-state index contributed by atoms with van der Waals surface area (Å²) in [5.41, 5.74) is 2.28. The van der Waals surface area contributed by atoms with E-state index in [4.69, 9.17) is 11.6 Å². The number of nitrogens with one attached hydrogen (secondary N) is 2. The van der Waals surface area contributed by atoms with E-state index in [0.29, 0.717) is 27.8 Å². The van der Waals surface area contributed by atoms with Crippen LogP contribution < -0.4 is 10.6 Å². The number of Topliss-reactive ketones (excluding diaryl/α,β-unsaturated/α-hetero) is 1. The first-order valence-electron chi connectivity index (χ1n) is 13.1. The predicted octanol–water partition coefficient (Wildman–Crippen LogP) is 3.96. The summed E-state index contributed by atoms with van der Waals surface area (Å²) in [4.78, 5) is 48.2. The van der Waals surface area contributed by atoms with Gasteiger partial charge in [0.25, 0.3) is 0 Å². The van der Waals surface area contributed by atoms with Crippen molar-refractivity contribution in [2.75, 3.05) is 18.5 Å². The highest BCUT2D eigenvalue weighted by molar-refractivity contribution is 6.30. The van der Waals surface area contributed by atoms with E-state index in [9.17, 15) is 28.3 Å². The van der Waals surface area contributed by atoms with Crippen molar-refractivity contribution in [2.45, 2.75) is 38.1 Å². The quantitative estimate of drug-likeness (QED) is 0.249. The molecule has 42 heavy (non-hydrogen) atoms. The van der Waals surface area contributed by atoms with Crippen LogP contribution in [-0.2, 0) is 16.1 Å². The number of anilines is 2. The summed E-state index contributed by atoms with van der Waals surface area (Å²) in [6.45, 7) is 0.213. The minimum atomic E-state index is -1.45. The largest absolute Gasteiger partial charge is 0.394 e. The van der Waals surface area contributed by atoms with Gasteiger partial charge in [-0.15, -0.1) is 0 Å². The zero-order chi connectivity index (χ0) is 30.0. The smallest absolute Gasteiger partial charge is 0.243 e. The first kappa shape index (κ1) is 29.1. The van der Waals surface area contributed by atoms with Gasteiger partial charge in [0.2, 0.25) is 11.8 Å². The van der Waals surface area contributed by atoms with E-state index in [1.54, 1.807) is 41.4 Å². The highest BCUT2D eigenvalue weighted by atomic mass is 35.5. The maximum absolute atomic E-state index is 14.6. The number of carbonyl (C=O) groups is 3. The van der Waals surface area contributed by atoms with Crippen molar-refractivity contribution in [1.82, 2.24) is 24.8 Å². The highest BCUT2D eigenvalue weighted by Gasteiger charge is 2.40. The Morgan fingerprint density at radius 2 is 1.93 bits per heavy atom. The molecule has 0 spiro atoms. The van der Waals surface area contributed by atoms with Crippen LogP contribution in [-0.4, -0.2) is 67.5 Å². The lowest BCUT2D eigenvalue weighted by Gasteiger charge is -2.26. The van der Waals surface area contributed by atoms with Crippen molar-refractivity contribution >= 4 is 51.5 Å². The highest BCUT2D eigenvalue weighted by Crippen LogP contribution is 2.29. The molecule has 3 N–H and O–H groups in total. The standard InChI is InChI=1S/C29H27ClF2N6O4/c1-16(40)22-12-37(25-6-5-18(8-21(22)25)35-19-9-33-15-34-10-19)13-27(41)38-11-17(31)7-26(38)29(42)36-24(14-39)20-3-2-4-23(30)28(20)32/h2-6,8-10,12,15,17,24,26,35,39H,7,11,13-14H2,1H3,(H,36,42). The van der Waals surface area contributed by atoms with Crippen molar-refractivity contribution in [1.29, 1.82) is 0 Å². The molecule has 1 aliphatic heterocycles. The summed E-state index contributed by atoms with van der Waals surface area (Å²) in [7, 11) is 0. The topological polar surface area (TPSA) is 129 Å². The fourth-order valence-corrected chi connectivity index (χ4v) is 5.32. The molecule has 4 aromatic rings. The van der Waals surface area contributed by atoms with Gasteiger partial charge in [-0.05, 0) is 31.2 Å². The molecule has 2 aromatic heterocycles. The van der Waals surface area contributed by atoms with E-state index in [1.807, 2.05) is 0 Å². The first-order chi connectivity index (χ1) is 20.2. The molecular weight excluding hydrogens is 570 g/mol. The van der Waals surface area contributed by atoms with Crippen molar-refractivity contribution in [3.05, 3.63) is 83.3 Å². The molecule has 1 aliphatic rings. The van der Waals surface area contributed by atoms with Crippen molar-refractivity contribution in [2.24, 2.45) is 0 Å². The fraction of sp³-hybridized carbons (Fsp3) is 0.276. The number of aliphatic hydroxyl groups excluding tert-OH is 1. The summed E-state index contributed by atoms with van der Waals surface area (Å²) in [5, 5.41) is 15.9. The van der Waals surface area contributed by atoms with Crippen LogP contribution in [0.5, 0.6) is 0 Å². The molecule has 3 heterocycles. The number of carbonyl (C=O) groups excluding carboxylic acids is 3. The molecule has 0 saturated carbocycles. The number of ketones is 1. The minimum Gasteiger partial charge on any atom is -0.394 e. The Balaban J connectivity index is 1.36. The average Bonchev–Trinajstić information content (AvgIpc) is 3.54. The maximum atomic E-state index is 14.6. The van der Waals surface area contributed by atoms with E-state index in [2.05, 4.69) is 20.6 Å². The number of aliphatic hydroxyl groups is 1. The summed E-state index contributed by atoms with van der Waals surface area (Å²) in [5.74, 6) is -2.28. The number of alkyl halides is 1. The third-order valence-corrected chi connectivity index (χ3v) is 7.44. The molecule has 2 amide bonds. The molecule has 3 unspecified atom stereocenters. The molecule has 0 aliphatic carbocycles. The Morgan fingerprint density at radius 3 is 2.64 bits per heavy atom. The van der Waals surface area contributed by atoms with E-state index >= 15 is 0 Å². The number of hydrogen-bond acceptors (Lipinski definition) is 7. The second-order valence-corrected chi connectivity index (χ2v) is 10.4. The van der Waals surface area contributed by atoms with Gasteiger partial charge in [-0.25, -0.2) is 18.7 Å². The van der Waals surface area contributed by atoms with E-state index in [1.165, 1.54) is 31.5 Å². The van der Waals surface area contributed by atoms with E-state index in [-0.39, 0.29) is 35.9 Å². The molecule has 0 radical (unpaired) electrons. The average molecular weight is 597 g/mol. The lowest BCUT2D eigenvalue weighted by Crippen LogP contribution is -2.48. The second-order valence-electron chi connectivity index (χ2n) is 9.99. The predicted molar refractivity (Wildman–Crippen MR) is 152 cm³/mol. The van der Waals surface area contributed by atoms with Crippen LogP contribution >= 0.6 is 11.6 Å². The molecular formula is C29H27ClF2N6O4. The van der Waals surface area contributed by atoms with E-state index in [0.717, 1.165) is 4.90 Å². The van der Waals surface area contributed by atoms with Crippen LogP contribution in [0.3, 0.4) is 0 Å². The van der Waals surface area contributed by atoms with Crippen LogP contribution in [0.2, 0.25) is 5.02 Å². The second kappa shape index (κ2) is 12.2. The lowest BCUT2D eigenvalue weighted by molar-refractivity contribution is -0.139. The number of benzene rings is 2. The summed E-state index contributed by atoms with van der Waals surface area (Å²) in [6.07, 6.45) is 4.46. The third kappa shape index (κ3) is 5.95. The van der Waals surface area contributed by atoms with Gasteiger partial charge in [0, 0.05) is 40.3 Å². The van der Waals surface area contributed by atoms with Gasteiger partial charge >= 0.3 is 0 Å². The van der Waals surface area contributed by atoms with Gasteiger partial charge in [0.15, 0.2) is 5.78 Å². The molecule has 3 atom stereocenters. The third-order valence-electron chi connectivity index (χ3n) is 7.14. The van der Waals surface area contributed by atoms with E-state index < -0.39 is 42.5 Å². The van der Waals surface area contributed by atoms with Crippen molar-refractivity contribution in [3.8, 4) is 0 Å². The number of rotatable bonds is 9. The van der Waals surface area contributed by atoms with Gasteiger partial charge in [-0.2, -0.15) is 0 Å². The van der Waals surface area contributed by atoms with Crippen LogP contribution in [0.25, 0.3) is 10.9 Å². The van der Waals surface area contributed by atoms with Gasteiger partial charge in [-0.1, -0.05) is 23.7 Å². The first-order valence-corrected chi connectivity index (χ1v) is 13.5. The Hall–Kier alpha value is -4.42. The normalized spacial score (nSPS) is 17.3. The summed E-state index contributed by atoms with van der Waals surface area (Å²) >= 11 is 5.84. The van der Waals surface area contributed by atoms with Gasteiger partial charge < -0.3 is 25.2 Å². The van der Waals surface area contributed by atoms with Crippen molar-refractivity contribution in [3.63, 3.8) is 0 Å². The Kier molecular flexibility index (Phi) is 8.46. The number of hydrogen-bond donors (Lipinski definition) is 3. The molecule has 1 saturated heterocycles. The summed E-state index contributed by atoms with van der Waals surface area (Å²) < 4.78 is 30.7. The van der Waals surface area contributed by atoms with Gasteiger partial charge in [0.05, 0.1) is 42.3 Å². The molecule has 5 rings (SSSR count). The molecule has 218 valence electrons. The minimum absolute atomic E-state index is 0.0322. The zero-order valence-corrected chi connectivity index (χ0v) is 23.2. The number of fused-ring (bicyclic) bond motifs is 1. The fourth-order valence-electron chi connectivity index (χ4n) is 5.14. The molecule has 1 fully saturated rings. The van der Waals surface area contributed by atoms with Crippen LogP contribution in [0.4, 0.5) is 20.2 Å². The SMILES string of the molecule is CC(=O)c1cn(CC(=O)N2CC(F)CC2C(=O)NC(CO)c2cccc(Cl)c2F)c2ccc(Nc3cncnc3)cc12. The molecule has 13 heteroatoms. The molecule has 2 aromatic carbocycles. The molecule has 0 bridgehead atoms. The monoisotopic (exact) mass is 596 g/mol. The number of likely N-dealkylation sites (tertiary alicyclic amines) is 1. The van der Waals surface area contributed by atoms with Gasteiger partial charge in [0.1, 0.15) is 30.9 Å². The van der Waals surface area contributed by atoms with Crippen LogP contribution in [0.15, 0.2) is 61.3 Å². The zero-order valence-electron chi connectivity index (χ0n) is 22.4. The number of amides is 2. The molecule has 10 nitrogen and oxygen atoms in total.